The van der Waals surface area contributed by atoms with Crippen LogP contribution in [0.1, 0.15) is 162 Å². The molecular formula is C56H76N4O10. The molecule has 14 nitrogen and oxygen atoms in total. The first-order chi connectivity index (χ1) is 32.9. The van der Waals surface area contributed by atoms with Crippen LogP contribution in [0.3, 0.4) is 0 Å². The molecule has 8 aliphatic rings. The van der Waals surface area contributed by atoms with Crippen LogP contribution in [-0.4, -0.2) is 84.4 Å². The molecule has 0 bridgehead atoms. The molecule has 0 saturated heterocycles. The van der Waals surface area contributed by atoms with Crippen molar-refractivity contribution in [1.82, 2.24) is 20.4 Å². The van der Waals surface area contributed by atoms with E-state index < -0.39 is 23.1 Å². The molecule has 8 aliphatic carbocycles. The van der Waals surface area contributed by atoms with E-state index in [9.17, 15) is 19.8 Å². The van der Waals surface area contributed by atoms with Gasteiger partial charge < -0.3 is 40.9 Å². The molecule has 0 spiro atoms. The van der Waals surface area contributed by atoms with Crippen molar-refractivity contribution in [2.24, 2.45) is 69.0 Å². The third kappa shape index (κ3) is 8.26. The molecule has 2 aromatic heterocycles. The van der Waals surface area contributed by atoms with E-state index >= 15 is 0 Å². The first kappa shape index (κ1) is 49.9. The number of fused-ring (bicyclic) bond motifs is 12. The van der Waals surface area contributed by atoms with Crippen LogP contribution in [-0.2, 0) is 25.7 Å². The Labute approximate surface area is 411 Å². The third-order valence-electron chi connectivity index (χ3n) is 21.3. The smallest absolute Gasteiger partial charge is 0.339 e. The number of hydrogen-bond donors (Lipinski definition) is 10. The molecule has 14 heteroatoms. The average molecular weight is 965 g/mol. The predicted octanol–water partition coefficient (Wildman–Crippen LogP) is 9.83. The van der Waals surface area contributed by atoms with Crippen molar-refractivity contribution in [3.8, 4) is 23.0 Å². The Balaban J connectivity index is 0.000000124. The Morgan fingerprint density at radius 1 is 0.529 bits per heavy atom. The average Bonchev–Trinajstić information content (AvgIpc) is 4.07. The lowest BCUT2D eigenvalue weighted by Crippen LogP contribution is -2.56. The van der Waals surface area contributed by atoms with Crippen molar-refractivity contribution in [1.29, 1.82) is 0 Å². The summed E-state index contributed by atoms with van der Waals surface area (Å²) >= 11 is 0. The van der Waals surface area contributed by atoms with Gasteiger partial charge in [-0.15, -0.1) is 0 Å². The number of H-pyrrole nitrogens is 2. The number of aromatic nitrogens is 4. The first-order valence-corrected chi connectivity index (χ1v) is 25.9. The van der Waals surface area contributed by atoms with Crippen LogP contribution in [0, 0.1) is 69.0 Å². The highest BCUT2D eigenvalue weighted by atomic mass is 16.4. The van der Waals surface area contributed by atoms with Crippen molar-refractivity contribution in [2.45, 2.75) is 155 Å². The van der Waals surface area contributed by atoms with Gasteiger partial charge in [0.15, 0.2) is 0 Å². The van der Waals surface area contributed by atoms with Gasteiger partial charge in [0.1, 0.15) is 34.1 Å². The molecule has 6 fully saturated rings. The van der Waals surface area contributed by atoms with E-state index in [0.29, 0.717) is 10.8 Å². The van der Waals surface area contributed by atoms with Crippen molar-refractivity contribution in [3.63, 3.8) is 0 Å². The molecule has 0 amide bonds. The second-order valence-electron chi connectivity index (χ2n) is 24.4. The van der Waals surface area contributed by atoms with Gasteiger partial charge in [-0.25, -0.2) is 9.59 Å². The van der Waals surface area contributed by atoms with E-state index in [-0.39, 0.29) is 45.0 Å². The fourth-order valence-electron chi connectivity index (χ4n) is 16.8. The van der Waals surface area contributed by atoms with E-state index in [1.54, 1.807) is 0 Å². The third-order valence-corrected chi connectivity index (χ3v) is 21.3. The lowest BCUT2D eigenvalue weighted by molar-refractivity contribution is -0.139. The van der Waals surface area contributed by atoms with Crippen LogP contribution in [0.4, 0.5) is 0 Å². The summed E-state index contributed by atoms with van der Waals surface area (Å²) in [6.45, 7) is 14.2. The van der Waals surface area contributed by atoms with Gasteiger partial charge in [0.05, 0.1) is 23.6 Å². The summed E-state index contributed by atoms with van der Waals surface area (Å²) in [5.41, 5.74) is 5.42. The number of aromatic carboxylic acids is 2. The number of nitrogens with one attached hydrogen (secondary N) is 2. The zero-order valence-electron chi connectivity index (χ0n) is 41.8. The monoisotopic (exact) mass is 965 g/mol. The second-order valence-corrected chi connectivity index (χ2v) is 24.4. The lowest BCUT2D eigenvalue weighted by Gasteiger charge is -2.60. The van der Waals surface area contributed by atoms with Crippen molar-refractivity contribution in [2.75, 3.05) is 0 Å². The molecule has 10 N–H and O–H groups in total. The number of carboxylic acid groups (broad SMARTS) is 2. The topological polar surface area (TPSA) is 253 Å². The number of carboxylic acids is 2. The summed E-state index contributed by atoms with van der Waals surface area (Å²) in [6.07, 6.45) is 24.0. The fourth-order valence-corrected chi connectivity index (χ4v) is 16.8. The Hall–Kier alpha value is -5.08. The minimum Gasteiger partial charge on any atom is -0.508 e. The van der Waals surface area contributed by atoms with Gasteiger partial charge in [-0.05, 0) is 233 Å². The van der Waals surface area contributed by atoms with Gasteiger partial charge in [-0.2, -0.15) is 10.2 Å². The fraction of sp³-hybridized carbons (Fsp3) is 0.643. The quantitative estimate of drug-likeness (QED) is 0.0843. The molecule has 0 radical (unpaired) electrons. The summed E-state index contributed by atoms with van der Waals surface area (Å²) in [5, 5.41) is 89.5. The van der Waals surface area contributed by atoms with Crippen molar-refractivity contribution in [3.05, 3.63) is 82.4 Å². The predicted molar refractivity (Wildman–Crippen MR) is 262 cm³/mol. The highest BCUT2D eigenvalue weighted by Gasteiger charge is 2.65. The maximum atomic E-state index is 11.0. The molecule has 2 heterocycles. The van der Waals surface area contributed by atoms with Crippen LogP contribution < -0.4 is 0 Å². The van der Waals surface area contributed by atoms with Crippen LogP contribution >= 0.6 is 0 Å². The van der Waals surface area contributed by atoms with Gasteiger partial charge in [0, 0.05) is 11.4 Å². The molecule has 4 aromatic rings. The van der Waals surface area contributed by atoms with E-state index in [1.807, 2.05) is 0 Å². The standard InChI is InChI=1S/2C21H32N2O.2C7H6O4/c2*1-19-11-13-12-22-23-18(13)10-14(19)4-5-15-16(19)6-8-20(2)17(15)7-9-21(20,3)24;2*8-4-1-2-6(9)5(3-4)7(10)11/h2*12,14-17,24H,4-11H2,1-3H3,(H,22,23);2*1-3,8-9H,(H,10,11)/t2*14-,15+,16-,17-,19-,20-,21-;;/m00../s1. The molecule has 14 atom stereocenters. The van der Waals surface area contributed by atoms with Gasteiger partial charge in [0.25, 0.3) is 0 Å². The van der Waals surface area contributed by atoms with Crippen molar-refractivity contribution < 1.29 is 50.4 Å². The van der Waals surface area contributed by atoms with Gasteiger partial charge >= 0.3 is 11.9 Å². The van der Waals surface area contributed by atoms with E-state index in [0.717, 1.165) is 84.5 Å². The van der Waals surface area contributed by atoms with Crippen molar-refractivity contribution >= 4 is 11.9 Å². The molecule has 0 unspecified atom stereocenters. The number of aromatic amines is 2. The molecule has 6 saturated carbocycles. The van der Waals surface area contributed by atoms with Crippen LogP contribution in [0.25, 0.3) is 0 Å². The highest BCUT2D eigenvalue weighted by molar-refractivity contribution is 5.91. The minimum absolute atomic E-state index is 0.146. The zero-order chi connectivity index (χ0) is 50.3. The summed E-state index contributed by atoms with van der Waals surface area (Å²) in [5.74, 6) is 2.83. The van der Waals surface area contributed by atoms with E-state index in [2.05, 4.69) is 74.3 Å². The Kier molecular flexibility index (Phi) is 12.8. The van der Waals surface area contributed by atoms with E-state index in [1.165, 1.54) is 125 Å². The zero-order valence-corrected chi connectivity index (χ0v) is 41.8. The van der Waals surface area contributed by atoms with Gasteiger partial charge in [-0.1, -0.05) is 27.7 Å². The summed E-state index contributed by atoms with van der Waals surface area (Å²) in [4.78, 5) is 20.6. The summed E-state index contributed by atoms with van der Waals surface area (Å²) in [7, 11) is 0. The minimum atomic E-state index is -1.27. The van der Waals surface area contributed by atoms with Gasteiger partial charge in [0.2, 0.25) is 0 Å². The number of rotatable bonds is 2. The number of aliphatic hydroxyl groups is 2. The molecule has 2 aromatic carbocycles. The normalized spacial score (nSPS) is 39.3. The van der Waals surface area contributed by atoms with Crippen LogP contribution in [0.15, 0.2) is 48.8 Å². The number of carbonyl (C=O) groups is 2. The Morgan fingerprint density at radius 2 is 0.900 bits per heavy atom. The largest absolute Gasteiger partial charge is 0.508 e. The molecular weight excluding hydrogens is 889 g/mol. The molecule has 12 rings (SSSR count). The number of hydrogen-bond acceptors (Lipinski definition) is 10. The number of nitrogens with zero attached hydrogens (tertiary/aromatic N) is 2. The first-order valence-electron chi connectivity index (χ1n) is 25.9. The summed E-state index contributed by atoms with van der Waals surface area (Å²) < 4.78 is 0. The lowest BCUT2D eigenvalue weighted by atomic mass is 9.44. The van der Waals surface area contributed by atoms with Gasteiger partial charge in [-0.3, -0.25) is 10.2 Å². The Bertz CT molecular complexity index is 2430. The number of aromatic hydroxyl groups is 4. The van der Waals surface area contributed by atoms with Crippen LogP contribution in [0.2, 0.25) is 0 Å². The maximum Gasteiger partial charge on any atom is 0.339 e. The van der Waals surface area contributed by atoms with E-state index in [4.69, 9.17) is 30.6 Å². The van der Waals surface area contributed by atoms with Crippen LogP contribution in [0.5, 0.6) is 23.0 Å². The maximum absolute atomic E-state index is 11.0. The highest BCUT2D eigenvalue weighted by Crippen LogP contribution is 2.69. The molecule has 380 valence electrons. The number of phenols is 4. The molecule has 0 aliphatic heterocycles. The Morgan fingerprint density at radius 3 is 1.26 bits per heavy atom. The SMILES string of the molecule is C[C@]12Cc3cn[nH]c3C[C@@H]1CC[C@@H]1[C@@H]2CC[C@@]2(C)[C@H]1CC[C@]2(C)O.C[C@]12Cc3cn[nH]c3C[C@@H]1CC[C@@H]1[C@@H]2CC[C@@]2(C)[C@H]1CC[C@]2(C)O.O=C(O)c1cc(O)ccc1O.O=C(O)c1cc(O)ccc1O. The molecule has 70 heavy (non-hydrogen) atoms. The number of phenolic OH excluding ortho intramolecular Hbond substituents is 2. The number of benzene rings is 2. The second kappa shape index (κ2) is 17.9. The summed E-state index contributed by atoms with van der Waals surface area (Å²) in [6, 6.07) is 6.64.